The van der Waals surface area contributed by atoms with E-state index in [4.69, 9.17) is 5.73 Å². The van der Waals surface area contributed by atoms with E-state index in [9.17, 15) is 4.79 Å². The van der Waals surface area contributed by atoms with Crippen LogP contribution in [-0.4, -0.2) is 23.0 Å². The number of nitrogen functional groups attached to an aromatic ring is 1. The van der Waals surface area contributed by atoms with Crippen LogP contribution in [0.1, 0.15) is 35.8 Å². The Kier molecular flexibility index (Phi) is 3.01. The van der Waals surface area contributed by atoms with Crippen molar-refractivity contribution in [3.8, 4) is 0 Å². The molecule has 5 heteroatoms. The van der Waals surface area contributed by atoms with Gasteiger partial charge in [-0.05, 0) is 5.92 Å². The number of esters is 1. The Morgan fingerprint density at radius 2 is 2.21 bits per heavy atom. The fraction of sp³-hybridized carbons (Fsp3) is 0.444. The summed E-state index contributed by atoms with van der Waals surface area (Å²) in [5, 5.41) is 0. The van der Waals surface area contributed by atoms with Gasteiger partial charge in [0.2, 0.25) is 5.95 Å². The molecule has 14 heavy (non-hydrogen) atoms. The maximum atomic E-state index is 11.3. The molecule has 0 aliphatic rings. The van der Waals surface area contributed by atoms with Gasteiger partial charge in [-0.2, -0.15) is 0 Å². The van der Waals surface area contributed by atoms with E-state index in [1.165, 1.54) is 13.3 Å². The summed E-state index contributed by atoms with van der Waals surface area (Å²) >= 11 is 0. The zero-order valence-corrected chi connectivity index (χ0v) is 8.44. The van der Waals surface area contributed by atoms with Crippen LogP contribution in [0.3, 0.4) is 0 Å². The Balaban J connectivity index is 3.21. The molecular formula is C9H13N3O2. The Labute approximate surface area is 82.3 Å². The highest BCUT2D eigenvalue weighted by Gasteiger charge is 2.16. The van der Waals surface area contributed by atoms with E-state index in [0.717, 1.165) is 0 Å². The van der Waals surface area contributed by atoms with Crippen molar-refractivity contribution in [2.24, 2.45) is 0 Å². The van der Waals surface area contributed by atoms with Crippen LogP contribution in [0.5, 0.6) is 0 Å². The molecule has 0 aromatic carbocycles. The lowest BCUT2D eigenvalue weighted by atomic mass is 10.1. The molecule has 2 N–H and O–H groups in total. The Bertz CT molecular complexity index is 350. The summed E-state index contributed by atoms with van der Waals surface area (Å²) in [6.07, 6.45) is 1.39. The second-order valence-corrected chi connectivity index (χ2v) is 3.17. The molecule has 0 saturated carbocycles. The monoisotopic (exact) mass is 195 g/mol. The predicted octanol–water partition coefficient (Wildman–Crippen LogP) is 0.969. The van der Waals surface area contributed by atoms with Crippen molar-refractivity contribution in [3.05, 3.63) is 17.5 Å². The van der Waals surface area contributed by atoms with E-state index < -0.39 is 5.97 Å². The third-order valence-electron chi connectivity index (χ3n) is 1.79. The van der Waals surface area contributed by atoms with Crippen LogP contribution in [0.25, 0.3) is 0 Å². The summed E-state index contributed by atoms with van der Waals surface area (Å²) in [7, 11) is 1.32. The average molecular weight is 195 g/mol. The number of ether oxygens (including phenoxy) is 1. The first-order chi connectivity index (χ1) is 6.56. The first-order valence-corrected chi connectivity index (χ1v) is 4.27. The van der Waals surface area contributed by atoms with Crippen molar-refractivity contribution in [1.82, 2.24) is 9.97 Å². The van der Waals surface area contributed by atoms with E-state index in [0.29, 0.717) is 11.3 Å². The van der Waals surface area contributed by atoms with E-state index in [2.05, 4.69) is 14.7 Å². The molecule has 1 heterocycles. The highest BCUT2D eigenvalue weighted by Crippen LogP contribution is 2.17. The normalized spacial score (nSPS) is 10.3. The average Bonchev–Trinajstić information content (AvgIpc) is 2.16. The number of nitrogens with two attached hydrogens (primary N) is 1. The fourth-order valence-corrected chi connectivity index (χ4v) is 1.12. The molecule has 5 nitrogen and oxygen atoms in total. The number of hydrogen-bond acceptors (Lipinski definition) is 5. The molecule has 1 aromatic heterocycles. The molecule has 0 spiro atoms. The topological polar surface area (TPSA) is 78.1 Å². The number of hydrogen-bond donors (Lipinski definition) is 1. The van der Waals surface area contributed by atoms with Crippen molar-refractivity contribution >= 4 is 11.9 Å². The minimum Gasteiger partial charge on any atom is -0.465 e. The maximum absolute atomic E-state index is 11.3. The van der Waals surface area contributed by atoms with Gasteiger partial charge in [-0.1, -0.05) is 13.8 Å². The van der Waals surface area contributed by atoms with Gasteiger partial charge < -0.3 is 10.5 Å². The van der Waals surface area contributed by atoms with Crippen LogP contribution in [0.2, 0.25) is 0 Å². The molecule has 0 aliphatic heterocycles. The summed E-state index contributed by atoms with van der Waals surface area (Å²) in [5.41, 5.74) is 6.42. The van der Waals surface area contributed by atoms with Crippen molar-refractivity contribution in [2.45, 2.75) is 19.8 Å². The van der Waals surface area contributed by atoms with Crippen molar-refractivity contribution in [2.75, 3.05) is 12.8 Å². The van der Waals surface area contributed by atoms with Gasteiger partial charge in [0.15, 0.2) is 0 Å². The third kappa shape index (κ3) is 1.99. The molecule has 1 aromatic rings. The van der Waals surface area contributed by atoms with Crippen molar-refractivity contribution in [3.63, 3.8) is 0 Å². The van der Waals surface area contributed by atoms with Crippen LogP contribution < -0.4 is 5.73 Å². The number of nitrogens with zero attached hydrogens (tertiary/aromatic N) is 2. The van der Waals surface area contributed by atoms with Gasteiger partial charge in [0.1, 0.15) is 0 Å². The number of carbonyl (C=O) groups is 1. The summed E-state index contributed by atoms with van der Waals surface area (Å²) in [5.74, 6) is -0.163. The first-order valence-electron chi connectivity index (χ1n) is 4.27. The Morgan fingerprint density at radius 3 is 2.71 bits per heavy atom. The largest absolute Gasteiger partial charge is 0.465 e. The minimum absolute atomic E-state index is 0.106. The summed E-state index contributed by atoms with van der Waals surface area (Å²) < 4.78 is 4.61. The highest BCUT2D eigenvalue weighted by atomic mass is 16.5. The lowest BCUT2D eigenvalue weighted by Gasteiger charge is -2.09. The molecular weight excluding hydrogens is 182 g/mol. The molecule has 0 atom stereocenters. The minimum atomic E-state index is -0.436. The summed E-state index contributed by atoms with van der Waals surface area (Å²) in [6, 6.07) is 0. The van der Waals surface area contributed by atoms with Gasteiger partial charge in [0, 0.05) is 6.20 Å². The van der Waals surface area contributed by atoms with E-state index >= 15 is 0 Å². The van der Waals surface area contributed by atoms with E-state index in [1.807, 2.05) is 13.8 Å². The molecule has 0 fully saturated rings. The predicted molar refractivity (Wildman–Crippen MR) is 51.9 cm³/mol. The molecule has 0 saturated heterocycles. The van der Waals surface area contributed by atoms with Gasteiger partial charge in [-0.25, -0.2) is 14.8 Å². The second-order valence-electron chi connectivity index (χ2n) is 3.17. The summed E-state index contributed by atoms with van der Waals surface area (Å²) in [6.45, 7) is 3.85. The standard InChI is InChI=1S/C9H13N3O2/c1-5(2)7-6(8(13)14-3)4-11-9(10)12-7/h4-5H,1-3H3,(H2,10,11,12). The van der Waals surface area contributed by atoms with Gasteiger partial charge >= 0.3 is 5.97 Å². The van der Waals surface area contributed by atoms with Crippen molar-refractivity contribution < 1.29 is 9.53 Å². The zero-order valence-electron chi connectivity index (χ0n) is 8.44. The van der Waals surface area contributed by atoms with Gasteiger partial charge in [-0.15, -0.1) is 0 Å². The SMILES string of the molecule is COC(=O)c1cnc(N)nc1C(C)C. The van der Waals surface area contributed by atoms with Gasteiger partial charge in [0.05, 0.1) is 18.4 Å². The third-order valence-corrected chi connectivity index (χ3v) is 1.79. The first kappa shape index (κ1) is 10.4. The number of rotatable bonds is 2. The number of methoxy groups -OCH3 is 1. The smallest absolute Gasteiger partial charge is 0.341 e. The van der Waals surface area contributed by atoms with Crippen LogP contribution >= 0.6 is 0 Å². The lowest BCUT2D eigenvalue weighted by molar-refractivity contribution is 0.0598. The molecule has 0 bridgehead atoms. The molecule has 0 aliphatic carbocycles. The Hall–Kier alpha value is -1.65. The fourth-order valence-electron chi connectivity index (χ4n) is 1.12. The van der Waals surface area contributed by atoms with Crippen LogP contribution in [0.4, 0.5) is 5.95 Å². The molecule has 0 amide bonds. The van der Waals surface area contributed by atoms with Crippen LogP contribution in [0, 0.1) is 0 Å². The van der Waals surface area contributed by atoms with Crippen LogP contribution in [0.15, 0.2) is 6.20 Å². The number of aromatic nitrogens is 2. The molecule has 1 rings (SSSR count). The van der Waals surface area contributed by atoms with Crippen molar-refractivity contribution in [1.29, 1.82) is 0 Å². The highest BCUT2D eigenvalue weighted by molar-refractivity contribution is 5.90. The quantitative estimate of drug-likeness (QED) is 0.711. The summed E-state index contributed by atoms with van der Waals surface area (Å²) in [4.78, 5) is 19.1. The van der Waals surface area contributed by atoms with Gasteiger partial charge in [-0.3, -0.25) is 0 Å². The lowest BCUT2D eigenvalue weighted by Crippen LogP contribution is -2.11. The molecule has 0 unspecified atom stereocenters. The zero-order chi connectivity index (χ0) is 10.7. The second kappa shape index (κ2) is 4.04. The Morgan fingerprint density at radius 1 is 1.57 bits per heavy atom. The maximum Gasteiger partial charge on any atom is 0.341 e. The van der Waals surface area contributed by atoms with Crippen LogP contribution in [-0.2, 0) is 4.74 Å². The number of anilines is 1. The molecule has 76 valence electrons. The molecule has 0 radical (unpaired) electrons. The van der Waals surface area contributed by atoms with E-state index in [1.54, 1.807) is 0 Å². The number of carbonyl (C=O) groups excluding carboxylic acids is 1. The van der Waals surface area contributed by atoms with Gasteiger partial charge in [0.25, 0.3) is 0 Å². The van der Waals surface area contributed by atoms with E-state index in [-0.39, 0.29) is 11.9 Å².